The molecule has 0 radical (unpaired) electrons. The van der Waals surface area contributed by atoms with E-state index in [4.69, 9.17) is 5.26 Å². The molecule has 0 fully saturated rings. The van der Waals surface area contributed by atoms with Gasteiger partial charge in [0.05, 0.1) is 11.6 Å². The average molecular weight is 314 g/mol. The van der Waals surface area contributed by atoms with Crippen LogP contribution in [0.5, 0.6) is 0 Å². The van der Waals surface area contributed by atoms with E-state index < -0.39 is 24.5 Å². The van der Waals surface area contributed by atoms with Gasteiger partial charge in [-0.2, -0.15) is 18.4 Å². The third kappa shape index (κ3) is 3.47. The summed E-state index contributed by atoms with van der Waals surface area (Å²) in [6.45, 7) is -0.679. The molecule has 0 aromatic heterocycles. The van der Waals surface area contributed by atoms with Gasteiger partial charge >= 0.3 is 6.18 Å². The lowest BCUT2D eigenvalue weighted by Gasteiger charge is -2.18. The van der Waals surface area contributed by atoms with Crippen LogP contribution in [0.3, 0.4) is 0 Å². The summed E-state index contributed by atoms with van der Waals surface area (Å²) in [5.74, 6) is 0.0652. The number of guanidine groups is 1. The number of aliphatic imine (C=N–C) groups is 1. The fraction of sp³-hybridized carbons (Fsp3) is 0.429. The molecule has 1 aromatic rings. The Kier molecular flexibility index (Phi) is 4.85. The number of hydrogen-bond donors (Lipinski definition) is 2. The van der Waals surface area contributed by atoms with Crippen LogP contribution >= 0.6 is 0 Å². The van der Waals surface area contributed by atoms with E-state index in [2.05, 4.69) is 15.6 Å². The molecule has 1 aromatic carbocycles. The number of halogens is 4. The predicted molar refractivity (Wildman–Crippen MR) is 72.7 cm³/mol. The summed E-state index contributed by atoms with van der Waals surface area (Å²) < 4.78 is 51.1. The van der Waals surface area contributed by atoms with Gasteiger partial charge in [0.15, 0.2) is 0 Å². The topological polar surface area (TPSA) is 60.2 Å². The Balaban J connectivity index is 2.22. The minimum atomic E-state index is -4.39. The summed E-state index contributed by atoms with van der Waals surface area (Å²) in [6, 6.07) is 3.65. The first kappa shape index (κ1) is 16.1. The zero-order chi connectivity index (χ0) is 16.2. The van der Waals surface area contributed by atoms with E-state index in [0.717, 1.165) is 6.07 Å². The maximum atomic E-state index is 13.0. The van der Waals surface area contributed by atoms with E-state index in [1.54, 1.807) is 12.3 Å². The molecule has 2 rings (SSSR count). The molecule has 2 N–H and O–H groups in total. The van der Waals surface area contributed by atoms with Crippen LogP contribution in [0, 0.1) is 11.5 Å². The van der Waals surface area contributed by atoms with E-state index in [1.165, 1.54) is 6.07 Å². The van der Waals surface area contributed by atoms with E-state index in [1.807, 2.05) is 0 Å². The van der Waals surface area contributed by atoms with E-state index >= 15 is 0 Å². The number of nitrogens with zero attached hydrogens (tertiary/aromatic N) is 2. The molecule has 1 unspecified atom stereocenters. The van der Waals surface area contributed by atoms with Crippen LogP contribution < -0.4 is 10.6 Å². The van der Waals surface area contributed by atoms with Crippen LogP contribution in [0.1, 0.15) is 29.2 Å². The Morgan fingerprint density at radius 3 is 2.82 bits per heavy atom. The average Bonchev–Trinajstić information content (AvgIpc) is 2.87. The van der Waals surface area contributed by atoms with Crippen molar-refractivity contribution in [3.05, 3.63) is 34.9 Å². The molecule has 4 nitrogen and oxygen atoms in total. The molecule has 0 heterocycles. The monoisotopic (exact) mass is 314 g/mol. The molecule has 1 atom stereocenters. The van der Waals surface area contributed by atoms with Crippen molar-refractivity contribution in [2.75, 3.05) is 13.2 Å². The molecule has 0 amide bonds. The quantitative estimate of drug-likeness (QED) is 0.390. The largest absolute Gasteiger partial charge is 0.416 e. The Morgan fingerprint density at radius 2 is 2.18 bits per heavy atom. The molecule has 8 heteroatoms. The van der Waals surface area contributed by atoms with Crippen molar-refractivity contribution in [1.29, 1.82) is 5.26 Å². The Labute approximate surface area is 124 Å². The maximum Gasteiger partial charge on any atom is 0.416 e. The molecular formula is C14H14F4N4. The third-order valence-corrected chi connectivity index (χ3v) is 3.44. The van der Waals surface area contributed by atoms with Gasteiger partial charge in [0.25, 0.3) is 0 Å². The number of benzene rings is 1. The van der Waals surface area contributed by atoms with Gasteiger partial charge in [-0.1, -0.05) is 12.1 Å². The predicted octanol–water partition coefficient (Wildman–Crippen LogP) is 2.68. The highest BCUT2D eigenvalue weighted by atomic mass is 19.4. The Bertz CT molecular complexity index is 604. The smallest absolute Gasteiger partial charge is 0.353 e. The Morgan fingerprint density at radius 1 is 1.41 bits per heavy atom. The van der Waals surface area contributed by atoms with Crippen LogP contribution in [-0.4, -0.2) is 19.2 Å². The SMILES string of the molecule is N#C/N=C(/NCCF)NC1CCc2c1cccc2C(F)(F)F. The van der Waals surface area contributed by atoms with Crippen molar-refractivity contribution in [1.82, 2.24) is 10.6 Å². The van der Waals surface area contributed by atoms with Crippen LogP contribution in [-0.2, 0) is 12.6 Å². The molecule has 0 saturated heterocycles. The molecule has 0 spiro atoms. The first-order chi connectivity index (χ1) is 10.5. The van der Waals surface area contributed by atoms with Crippen LogP contribution in [0.15, 0.2) is 23.2 Å². The molecule has 0 saturated carbocycles. The molecule has 0 aliphatic heterocycles. The lowest BCUT2D eigenvalue weighted by Crippen LogP contribution is -2.39. The van der Waals surface area contributed by atoms with Gasteiger partial charge in [-0.05, 0) is 30.0 Å². The van der Waals surface area contributed by atoms with Crippen LogP contribution in [0.4, 0.5) is 17.6 Å². The summed E-state index contributed by atoms with van der Waals surface area (Å²) in [6.07, 6.45) is -2.09. The molecule has 22 heavy (non-hydrogen) atoms. The summed E-state index contributed by atoms with van der Waals surface area (Å²) >= 11 is 0. The number of nitrogens with one attached hydrogen (secondary N) is 2. The summed E-state index contributed by atoms with van der Waals surface area (Å²) in [5.41, 5.74) is 0.154. The summed E-state index contributed by atoms with van der Waals surface area (Å²) in [5, 5.41) is 14.1. The first-order valence-electron chi connectivity index (χ1n) is 6.69. The van der Waals surface area contributed by atoms with Gasteiger partial charge in [0.1, 0.15) is 6.67 Å². The zero-order valence-electron chi connectivity index (χ0n) is 11.5. The standard InChI is InChI=1S/C14H14F4N4/c15-6-7-20-13(21-8-19)22-12-5-4-9-10(12)2-1-3-11(9)14(16,17)18/h1-3,12H,4-7H2,(H2,20,21,22). The third-order valence-electron chi connectivity index (χ3n) is 3.44. The fourth-order valence-corrected chi connectivity index (χ4v) is 2.57. The Hall–Kier alpha value is -2.30. The van der Waals surface area contributed by atoms with Gasteiger partial charge in [-0.15, -0.1) is 4.99 Å². The van der Waals surface area contributed by atoms with Crippen LogP contribution in [0.2, 0.25) is 0 Å². The minimum absolute atomic E-state index is 0.0321. The van der Waals surface area contributed by atoms with Crippen molar-refractivity contribution < 1.29 is 17.6 Å². The molecular weight excluding hydrogens is 300 g/mol. The van der Waals surface area contributed by atoms with E-state index in [9.17, 15) is 17.6 Å². The number of alkyl halides is 4. The van der Waals surface area contributed by atoms with Gasteiger partial charge in [-0.25, -0.2) is 4.39 Å². The fourth-order valence-electron chi connectivity index (χ4n) is 2.57. The zero-order valence-corrected chi connectivity index (χ0v) is 11.5. The van der Waals surface area contributed by atoms with Crippen molar-refractivity contribution in [2.24, 2.45) is 4.99 Å². The lowest BCUT2D eigenvalue weighted by molar-refractivity contribution is -0.138. The molecule has 1 aliphatic rings. The second kappa shape index (κ2) is 6.64. The summed E-state index contributed by atoms with van der Waals surface area (Å²) in [4.78, 5) is 3.48. The van der Waals surface area contributed by atoms with Crippen molar-refractivity contribution in [3.63, 3.8) is 0 Å². The normalized spacial score (nSPS) is 17.8. The van der Waals surface area contributed by atoms with E-state index in [0.29, 0.717) is 12.0 Å². The van der Waals surface area contributed by atoms with E-state index in [-0.39, 0.29) is 24.5 Å². The van der Waals surface area contributed by atoms with Crippen molar-refractivity contribution >= 4 is 5.96 Å². The first-order valence-corrected chi connectivity index (χ1v) is 6.69. The van der Waals surface area contributed by atoms with Crippen molar-refractivity contribution in [2.45, 2.75) is 25.1 Å². The number of fused-ring (bicyclic) bond motifs is 1. The lowest BCUT2D eigenvalue weighted by atomic mass is 10.0. The molecule has 0 bridgehead atoms. The highest BCUT2D eigenvalue weighted by Crippen LogP contribution is 2.40. The number of rotatable bonds is 3. The van der Waals surface area contributed by atoms with Gasteiger partial charge in [0.2, 0.25) is 12.2 Å². The highest BCUT2D eigenvalue weighted by molar-refractivity contribution is 5.81. The highest BCUT2D eigenvalue weighted by Gasteiger charge is 2.37. The molecule has 1 aliphatic carbocycles. The van der Waals surface area contributed by atoms with Gasteiger partial charge < -0.3 is 10.6 Å². The second-order valence-electron chi connectivity index (χ2n) is 4.78. The maximum absolute atomic E-state index is 13.0. The van der Waals surface area contributed by atoms with Gasteiger partial charge in [-0.3, -0.25) is 0 Å². The second-order valence-corrected chi connectivity index (χ2v) is 4.78. The summed E-state index contributed by atoms with van der Waals surface area (Å²) in [7, 11) is 0. The van der Waals surface area contributed by atoms with Crippen molar-refractivity contribution in [3.8, 4) is 6.19 Å². The molecule has 118 valence electrons. The minimum Gasteiger partial charge on any atom is -0.353 e. The van der Waals surface area contributed by atoms with Crippen LogP contribution in [0.25, 0.3) is 0 Å². The number of nitriles is 1. The number of hydrogen-bond acceptors (Lipinski definition) is 2. The van der Waals surface area contributed by atoms with Gasteiger partial charge in [0, 0.05) is 6.54 Å².